The first-order valence-electron chi connectivity index (χ1n) is 6.93. The van der Waals surface area contributed by atoms with Gasteiger partial charge in [-0.25, -0.2) is 0 Å². The van der Waals surface area contributed by atoms with E-state index in [4.69, 9.17) is 5.73 Å². The molecule has 2 rings (SSSR count). The van der Waals surface area contributed by atoms with Crippen LogP contribution in [0.1, 0.15) is 39.0 Å². The average Bonchev–Trinajstić information content (AvgIpc) is 3.08. The van der Waals surface area contributed by atoms with E-state index in [1.54, 1.807) is 0 Å². The maximum Gasteiger partial charge on any atom is 0.240 e. The molecule has 17 heavy (non-hydrogen) atoms. The van der Waals surface area contributed by atoms with Crippen LogP contribution in [0.3, 0.4) is 0 Å². The molecule has 2 aliphatic rings. The monoisotopic (exact) mass is 239 g/mol. The molecule has 4 nitrogen and oxygen atoms in total. The molecule has 0 aromatic heterocycles. The molecule has 0 radical (unpaired) electrons. The highest BCUT2D eigenvalue weighted by Crippen LogP contribution is 2.32. The summed E-state index contributed by atoms with van der Waals surface area (Å²) in [5.74, 6) is 0.711. The van der Waals surface area contributed by atoms with Gasteiger partial charge in [0, 0.05) is 6.54 Å². The molecule has 0 unspecified atom stereocenters. The summed E-state index contributed by atoms with van der Waals surface area (Å²) in [5, 5.41) is 3.02. The van der Waals surface area contributed by atoms with Crippen molar-refractivity contribution in [3.8, 4) is 0 Å². The zero-order valence-electron chi connectivity index (χ0n) is 10.9. The number of amides is 1. The Balaban J connectivity index is 1.63. The van der Waals surface area contributed by atoms with E-state index in [0.29, 0.717) is 5.92 Å². The van der Waals surface area contributed by atoms with E-state index in [2.05, 4.69) is 17.1 Å². The molecular formula is C13H25N3O. The van der Waals surface area contributed by atoms with Crippen molar-refractivity contribution >= 4 is 5.91 Å². The number of likely N-dealkylation sites (tertiary alicyclic amines) is 1. The minimum atomic E-state index is -0.511. The maximum absolute atomic E-state index is 11.7. The molecule has 2 fully saturated rings. The Morgan fingerprint density at radius 1 is 1.41 bits per heavy atom. The molecule has 98 valence electrons. The molecule has 3 N–H and O–H groups in total. The van der Waals surface area contributed by atoms with Gasteiger partial charge in [0.2, 0.25) is 5.91 Å². The molecule has 0 atom stereocenters. The first-order chi connectivity index (χ1) is 8.14. The van der Waals surface area contributed by atoms with E-state index >= 15 is 0 Å². The van der Waals surface area contributed by atoms with E-state index in [1.807, 2.05) is 0 Å². The first kappa shape index (κ1) is 12.8. The van der Waals surface area contributed by atoms with Crippen LogP contribution in [0.15, 0.2) is 0 Å². The summed E-state index contributed by atoms with van der Waals surface area (Å²) >= 11 is 0. The number of carbonyl (C=O) groups excluding carboxylic acids is 1. The minimum absolute atomic E-state index is 0.0634. The van der Waals surface area contributed by atoms with Gasteiger partial charge in [-0.1, -0.05) is 6.92 Å². The van der Waals surface area contributed by atoms with Crippen LogP contribution in [0.2, 0.25) is 0 Å². The van der Waals surface area contributed by atoms with Crippen LogP contribution in [-0.2, 0) is 4.79 Å². The van der Waals surface area contributed by atoms with Gasteiger partial charge in [-0.05, 0) is 57.7 Å². The summed E-state index contributed by atoms with van der Waals surface area (Å²) in [6.45, 7) is 6.62. The van der Waals surface area contributed by atoms with E-state index in [0.717, 1.165) is 19.4 Å². The van der Waals surface area contributed by atoms with Crippen molar-refractivity contribution in [2.24, 2.45) is 11.7 Å². The molecule has 0 aromatic carbocycles. The Morgan fingerprint density at radius 3 is 2.59 bits per heavy atom. The number of nitrogens with one attached hydrogen (secondary N) is 1. The van der Waals surface area contributed by atoms with E-state index in [-0.39, 0.29) is 5.91 Å². The molecule has 1 amide bonds. The Bertz CT molecular complexity index is 268. The minimum Gasteiger partial charge on any atom is -0.354 e. The number of nitrogens with two attached hydrogens (primary N) is 1. The molecule has 1 heterocycles. The van der Waals surface area contributed by atoms with Gasteiger partial charge in [-0.3, -0.25) is 4.79 Å². The van der Waals surface area contributed by atoms with E-state index in [1.165, 1.54) is 38.9 Å². The third-order valence-electron chi connectivity index (χ3n) is 4.04. The largest absolute Gasteiger partial charge is 0.354 e. The molecule has 1 saturated carbocycles. The summed E-state index contributed by atoms with van der Waals surface area (Å²) < 4.78 is 0. The Labute approximate surface area is 104 Å². The lowest BCUT2D eigenvalue weighted by atomic mass is 9.96. The molecule has 0 spiro atoms. The fourth-order valence-corrected chi connectivity index (χ4v) is 2.51. The number of piperidine rings is 1. The predicted octanol–water partition coefficient (Wildman–Crippen LogP) is 0.716. The highest BCUT2D eigenvalue weighted by molar-refractivity contribution is 5.88. The van der Waals surface area contributed by atoms with Crippen LogP contribution in [0.4, 0.5) is 0 Å². The SMILES string of the molecule is CCCN1CCC(CNC(=O)C2(N)CC2)CC1. The Morgan fingerprint density at radius 2 is 2.06 bits per heavy atom. The Kier molecular flexibility index (Phi) is 4.05. The topological polar surface area (TPSA) is 58.4 Å². The lowest BCUT2D eigenvalue weighted by Gasteiger charge is -2.31. The normalized spacial score (nSPS) is 24.6. The van der Waals surface area contributed by atoms with Crippen LogP contribution in [0.25, 0.3) is 0 Å². The van der Waals surface area contributed by atoms with Crippen molar-refractivity contribution in [2.75, 3.05) is 26.2 Å². The van der Waals surface area contributed by atoms with Crippen molar-refractivity contribution < 1.29 is 4.79 Å². The zero-order valence-corrected chi connectivity index (χ0v) is 10.9. The van der Waals surface area contributed by atoms with Crippen LogP contribution >= 0.6 is 0 Å². The van der Waals surface area contributed by atoms with Crippen molar-refractivity contribution in [2.45, 2.75) is 44.6 Å². The number of rotatable bonds is 5. The second-order valence-electron chi connectivity index (χ2n) is 5.65. The summed E-state index contributed by atoms with van der Waals surface area (Å²) in [5.41, 5.74) is 5.34. The van der Waals surface area contributed by atoms with Gasteiger partial charge in [-0.2, -0.15) is 0 Å². The van der Waals surface area contributed by atoms with E-state index in [9.17, 15) is 4.79 Å². The van der Waals surface area contributed by atoms with Crippen LogP contribution in [0, 0.1) is 5.92 Å². The highest BCUT2D eigenvalue weighted by Gasteiger charge is 2.45. The van der Waals surface area contributed by atoms with Gasteiger partial charge in [0.15, 0.2) is 0 Å². The summed E-state index contributed by atoms with van der Waals surface area (Å²) in [4.78, 5) is 14.2. The highest BCUT2D eigenvalue weighted by atomic mass is 16.2. The molecule has 1 aliphatic carbocycles. The van der Waals surface area contributed by atoms with Gasteiger partial charge in [0.1, 0.15) is 0 Å². The van der Waals surface area contributed by atoms with E-state index < -0.39 is 5.54 Å². The number of carbonyl (C=O) groups is 1. The molecule has 0 bridgehead atoms. The molecule has 1 saturated heterocycles. The van der Waals surface area contributed by atoms with Crippen molar-refractivity contribution in [1.82, 2.24) is 10.2 Å². The second-order valence-corrected chi connectivity index (χ2v) is 5.65. The van der Waals surface area contributed by atoms with Gasteiger partial charge in [0.25, 0.3) is 0 Å². The Hall–Kier alpha value is -0.610. The van der Waals surface area contributed by atoms with Crippen LogP contribution in [-0.4, -0.2) is 42.5 Å². The lowest BCUT2D eigenvalue weighted by Crippen LogP contribution is -2.45. The standard InChI is InChI=1S/C13H25N3O/c1-2-7-16-8-3-11(4-9-16)10-15-12(17)13(14)5-6-13/h11H,2-10,14H2,1H3,(H,15,17). The van der Waals surface area contributed by atoms with Crippen LogP contribution < -0.4 is 11.1 Å². The summed E-state index contributed by atoms with van der Waals surface area (Å²) in [6, 6.07) is 0. The van der Waals surface area contributed by atoms with Gasteiger partial charge in [-0.15, -0.1) is 0 Å². The van der Waals surface area contributed by atoms with Gasteiger partial charge in [0.05, 0.1) is 5.54 Å². The van der Waals surface area contributed by atoms with Gasteiger partial charge >= 0.3 is 0 Å². The summed E-state index contributed by atoms with van der Waals surface area (Å²) in [7, 11) is 0. The fourth-order valence-electron chi connectivity index (χ4n) is 2.51. The molecule has 1 aliphatic heterocycles. The van der Waals surface area contributed by atoms with Gasteiger partial charge < -0.3 is 16.0 Å². The molecule has 0 aromatic rings. The van der Waals surface area contributed by atoms with Crippen molar-refractivity contribution in [1.29, 1.82) is 0 Å². The number of hydrogen-bond acceptors (Lipinski definition) is 3. The number of hydrogen-bond donors (Lipinski definition) is 2. The third-order valence-corrected chi connectivity index (χ3v) is 4.04. The number of nitrogens with zero attached hydrogens (tertiary/aromatic N) is 1. The zero-order chi connectivity index (χ0) is 12.3. The fraction of sp³-hybridized carbons (Fsp3) is 0.923. The van der Waals surface area contributed by atoms with Crippen LogP contribution in [0.5, 0.6) is 0 Å². The third kappa shape index (κ3) is 3.42. The molecular weight excluding hydrogens is 214 g/mol. The van der Waals surface area contributed by atoms with Crippen molar-refractivity contribution in [3.63, 3.8) is 0 Å². The maximum atomic E-state index is 11.7. The smallest absolute Gasteiger partial charge is 0.240 e. The lowest BCUT2D eigenvalue weighted by molar-refractivity contribution is -0.123. The quantitative estimate of drug-likeness (QED) is 0.743. The first-order valence-corrected chi connectivity index (χ1v) is 6.93. The average molecular weight is 239 g/mol. The van der Waals surface area contributed by atoms with Crippen molar-refractivity contribution in [3.05, 3.63) is 0 Å². The predicted molar refractivity (Wildman–Crippen MR) is 68.6 cm³/mol. The molecule has 4 heteroatoms. The summed E-state index contributed by atoms with van der Waals surface area (Å²) in [6.07, 6.45) is 5.36. The second kappa shape index (κ2) is 5.36.